The number of halogens is 2. The Kier molecular flexibility index (Phi) is 11.4. The molecule has 1 amide bonds. The molecular formula is C33H30Cl2N2O6. The monoisotopic (exact) mass is 620 g/mol. The van der Waals surface area contributed by atoms with Gasteiger partial charge in [0, 0.05) is 21.2 Å². The Morgan fingerprint density at radius 2 is 1.49 bits per heavy atom. The van der Waals surface area contributed by atoms with Gasteiger partial charge in [0.1, 0.15) is 18.1 Å². The lowest BCUT2D eigenvalue weighted by molar-refractivity contribution is 0.0728. The van der Waals surface area contributed by atoms with E-state index in [0.29, 0.717) is 57.2 Å². The Hall–Kier alpha value is -4.53. The van der Waals surface area contributed by atoms with Crippen LogP contribution in [0.25, 0.3) is 0 Å². The summed E-state index contributed by atoms with van der Waals surface area (Å²) in [7, 11) is 0. The zero-order chi connectivity index (χ0) is 30.6. The highest BCUT2D eigenvalue weighted by Gasteiger charge is 2.14. The van der Waals surface area contributed by atoms with E-state index in [1.165, 1.54) is 6.21 Å². The Bertz CT molecular complexity index is 1570. The molecular weight excluding hydrogens is 591 g/mol. The van der Waals surface area contributed by atoms with Gasteiger partial charge in [-0.05, 0) is 97.8 Å². The number of rotatable bonds is 13. The number of nitrogens with one attached hydrogen (secondary N) is 1. The number of hydrogen-bond donors (Lipinski definition) is 1. The van der Waals surface area contributed by atoms with E-state index in [2.05, 4.69) is 10.5 Å². The fourth-order valence-electron chi connectivity index (χ4n) is 3.76. The molecule has 0 heterocycles. The summed E-state index contributed by atoms with van der Waals surface area (Å²) in [5.74, 6) is 0.969. The van der Waals surface area contributed by atoms with E-state index in [0.717, 1.165) is 12.0 Å². The maximum absolute atomic E-state index is 12.7. The number of hydrogen-bond acceptors (Lipinski definition) is 7. The minimum absolute atomic E-state index is 0.259. The maximum atomic E-state index is 12.7. The fourth-order valence-corrected chi connectivity index (χ4v) is 4.22. The summed E-state index contributed by atoms with van der Waals surface area (Å²) in [6.45, 7) is 5.07. The van der Waals surface area contributed by atoms with Gasteiger partial charge in [-0.1, -0.05) is 36.2 Å². The number of amides is 1. The highest BCUT2D eigenvalue weighted by atomic mass is 35.5. The predicted molar refractivity (Wildman–Crippen MR) is 167 cm³/mol. The van der Waals surface area contributed by atoms with E-state index in [-0.39, 0.29) is 12.4 Å². The minimum Gasteiger partial charge on any atom is -0.494 e. The van der Waals surface area contributed by atoms with Gasteiger partial charge < -0.3 is 18.9 Å². The SMILES string of the molecule is CCCOc1ccc(C(=O)Oc2ccc(/C=N/NC(=O)c3ccc(OCc4ccc(Cl)cc4Cl)cc3)cc2OCC)cc1. The number of benzene rings is 4. The van der Waals surface area contributed by atoms with Gasteiger partial charge in [0.2, 0.25) is 0 Å². The number of ether oxygens (including phenoxy) is 4. The molecule has 0 bridgehead atoms. The van der Waals surface area contributed by atoms with Gasteiger partial charge in [-0.3, -0.25) is 4.79 Å². The first-order valence-electron chi connectivity index (χ1n) is 13.6. The highest BCUT2D eigenvalue weighted by molar-refractivity contribution is 6.35. The summed E-state index contributed by atoms with van der Waals surface area (Å²) in [5.41, 5.74) is 4.70. The topological polar surface area (TPSA) is 95.5 Å². The van der Waals surface area contributed by atoms with Gasteiger partial charge in [0.15, 0.2) is 11.5 Å². The Morgan fingerprint density at radius 1 is 0.791 bits per heavy atom. The van der Waals surface area contributed by atoms with Crippen LogP contribution in [0.4, 0.5) is 0 Å². The van der Waals surface area contributed by atoms with Crippen LogP contribution >= 0.6 is 23.2 Å². The Balaban J connectivity index is 1.32. The van der Waals surface area contributed by atoms with E-state index in [9.17, 15) is 9.59 Å². The van der Waals surface area contributed by atoms with Crippen molar-refractivity contribution in [2.24, 2.45) is 5.10 Å². The van der Waals surface area contributed by atoms with Crippen LogP contribution in [0.3, 0.4) is 0 Å². The molecule has 0 radical (unpaired) electrons. The number of carbonyl (C=O) groups is 2. The Morgan fingerprint density at radius 3 is 2.16 bits per heavy atom. The van der Waals surface area contributed by atoms with Crippen molar-refractivity contribution in [1.29, 1.82) is 0 Å². The van der Waals surface area contributed by atoms with Crippen molar-refractivity contribution in [2.45, 2.75) is 26.9 Å². The Labute approximate surface area is 260 Å². The molecule has 0 unspecified atom stereocenters. The molecule has 10 heteroatoms. The lowest BCUT2D eigenvalue weighted by Gasteiger charge is -2.12. The summed E-state index contributed by atoms with van der Waals surface area (Å²) in [5, 5.41) is 5.12. The van der Waals surface area contributed by atoms with Gasteiger partial charge in [-0.2, -0.15) is 5.10 Å². The van der Waals surface area contributed by atoms with Gasteiger partial charge in [-0.15, -0.1) is 0 Å². The zero-order valence-electron chi connectivity index (χ0n) is 23.6. The predicted octanol–water partition coefficient (Wildman–Crippen LogP) is 7.74. The zero-order valence-corrected chi connectivity index (χ0v) is 25.2. The van der Waals surface area contributed by atoms with Crippen molar-refractivity contribution in [3.63, 3.8) is 0 Å². The number of esters is 1. The number of carbonyl (C=O) groups excluding carboxylic acids is 2. The van der Waals surface area contributed by atoms with Crippen molar-refractivity contribution in [2.75, 3.05) is 13.2 Å². The molecule has 0 fully saturated rings. The van der Waals surface area contributed by atoms with Crippen LogP contribution in [0.5, 0.6) is 23.0 Å². The van der Waals surface area contributed by atoms with Crippen LogP contribution in [0, 0.1) is 0 Å². The first-order valence-corrected chi connectivity index (χ1v) is 14.3. The van der Waals surface area contributed by atoms with Crippen molar-refractivity contribution < 1.29 is 28.5 Å². The second-order valence-electron chi connectivity index (χ2n) is 9.15. The maximum Gasteiger partial charge on any atom is 0.343 e. The highest BCUT2D eigenvalue weighted by Crippen LogP contribution is 2.29. The molecule has 0 atom stereocenters. The van der Waals surface area contributed by atoms with E-state index >= 15 is 0 Å². The minimum atomic E-state index is -0.526. The third-order valence-electron chi connectivity index (χ3n) is 5.94. The normalized spacial score (nSPS) is 10.8. The molecule has 43 heavy (non-hydrogen) atoms. The molecule has 0 aliphatic rings. The second kappa shape index (κ2) is 15.6. The van der Waals surface area contributed by atoms with Crippen LogP contribution in [0.2, 0.25) is 10.0 Å². The standard InChI is InChI=1S/C33H30Cl2N2O6/c1-3-17-41-27-14-9-24(10-15-27)33(39)43-30-16-5-22(18-31(30)40-4-2)20-36-37-32(38)23-7-12-28(13-8-23)42-21-25-6-11-26(34)19-29(25)35/h5-16,18-20H,3-4,17,21H2,1-2H3,(H,37,38)/b36-20+. The molecule has 0 saturated carbocycles. The molecule has 4 aromatic carbocycles. The smallest absolute Gasteiger partial charge is 0.343 e. The molecule has 1 N–H and O–H groups in total. The first-order chi connectivity index (χ1) is 20.9. The van der Waals surface area contributed by atoms with Crippen LogP contribution in [-0.2, 0) is 6.61 Å². The molecule has 0 spiro atoms. The lowest BCUT2D eigenvalue weighted by Crippen LogP contribution is -2.17. The summed E-state index contributed by atoms with van der Waals surface area (Å²) >= 11 is 12.1. The van der Waals surface area contributed by atoms with E-state index < -0.39 is 11.9 Å². The third kappa shape index (κ3) is 9.23. The van der Waals surface area contributed by atoms with Crippen LogP contribution in [0.15, 0.2) is 90.0 Å². The lowest BCUT2D eigenvalue weighted by atomic mass is 10.2. The molecule has 0 saturated heterocycles. The second-order valence-corrected chi connectivity index (χ2v) is 9.99. The average Bonchev–Trinajstić information content (AvgIpc) is 3.01. The van der Waals surface area contributed by atoms with Crippen LogP contribution in [-0.4, -0.2) is 31.3 Å². The molecule has 4 rings (SSSR count). The summed E-state index contributed by atoms with van der Waals surface area (Å²) in [4.78, 5) is 25.3. The molecule has 0 aromatic heterocycles. The van der Waals surface area contributed by atoms with Gasteiger partial charge >= 0.3 is 5.97 Å². The van der Waals surface area contributed by atoms with E-state index in [1.807, 2.05) is 13.8 Å². The number of hydrazone groups is 1. The van der Waals surface area contributed by atoms with Crippen LogP contribution < -0.4 is 24.4 Å². The van der Waals surface area contributed by atoms with Crippen molar-refractivity contribution >= 4 is 41.3 Å². The quantitative estimate of drug-likeness (QED) is 0.0710. The van der Waals surface area contributed by atoms with Gasteiger partial charge in [0.25, 0.3) is 5.91 Å². The molecule has 8 nitrogen and oxygen atoms in total. The fraction of sp³-hybridized carbons (Fsp3) is 0.182. The summed E-state index contributed by atoms with van der Waals surface area (Å²) in [6.07, 6.45) is 2.36. The first kappa shape index (κ1) is 31.4. The summed E-state index contributed by atoms with van der Waals surface area (Å²) in [6, 6.07) is 23.6. The van der Waals surface area contributed by atoms with Crippen molar-refractivity contribution in [3.05, 3.63) is 117 Å². The summed E-state index contributed by atoms with van der Waals surface area (Å²) < 4.78 is 22.6. The third-order valence-corrected chi connectivity index (χ3v) is 6.53. The largest absolute Gasteiger partial charge is 0.494 e. The molecule has 222 valence electrons. The average molecular weight is 622 g/mol. The van der Waals surface area contributed by atoms with Crippen molar-refractivity contribution in [3.8, 4) is 23.0 Å². The number of nitrogens with zero attached hydrogens (tertiary/aromatic N) is 1. The molecule has 0 aliphatic carbocycles. The van der Waals surface area contributed by atoms with E-state index in [4.69, 9.17) is 42.1 Å². The van der Waals surface area contributed by atoms with Gasteiger partial charge in [-0.25, -0.2) is 10.2 Å². The van der Waals surface area contributed by atoms with Crippen LogP contribution in [0.1, 0.15) is 52.1 Å². The molecule has 4 aromatic rings. The van der Waals surface area contributed by atoms with Crippen molar-refractivity contribution in [1.82, 2.24) is 5.43 Å². The molecule has 0 aliphatic heterocycles. The van der Waals surface area contributed by atoms with E-state index in [1.54, 1.807) is 84.9 Å². The van der Waals surface area contributed by atoms with Gasteiger partial charge in [0.05, 0.1) is 25.0 Å².